The predicted octanol–water partition coefficient (Wildman–Crippen LogP) is 0.0671. The third kappa shape index (κ3) is 3.41. The van der Waals surface area contributed by atoms with Crippen LogP contribution in [-0.4, -0.2) is 74.0 Å². The van der Waals surface area contributed by atoms with Crippen LogP contribution in [0.25, 0.3) is 11.2 Å². The molecule has 0 saturated carbocycles. The van der Waals surface area contributed by atoms with Gasteiger partial charge < -0.3 is 34.8 Å². The second kappa shape index (κ2) is 8.40. The summed E-state index contributed by atoms with van der Waals surface area (Å²) in [4.78, 5) is 12.9. The Labute approximate surface area is 171 Å². The summed E-state index contributed by atoms with van der Waals surface area (Å²) in [7, 11) is 3.17. The third-order valence-corrected chi connectivity index (χ3v) is 5.11. The monoisotopic (exact) mass is 417 g/mol. The molecule has 160 valence electrons. The number of hydrogen-bond donors (Lipinski definition) is 4. The summed E-state index contributed by atoms with van der Waals surface area (Å²) in [6.07, 6.45) is -1.45. The van der Waals surface area contributed by atoms with Gasteiger partial charge in [0.05, 0.1) is 32.7 Å². The average Bonchev–Trinajstić information content (AvgIpc) is 3.33. The lowest BCUT2D eigenvalue weighted by molar-refractivity contribution is -0.0511. The van der Waals surface area contributed by atoms with E-state index in [2.05, 4.69) is 20.3 Å². The van der Waals surface area contributed by atoms with Gasteiger partial charge in [-0.3, -0.25) is 4.57 Å². The van der Waals surface area contributed by atoms with Crippen molar-refractivity contribution in [2.45, 2.75) is 31.1 Å². The SMILES string of the molecule is COc1cccc(OC)c1CNc1ncnc2c1ncn2[C@@H]1O[C@H](CO)[C@@H](O)[C@@H]1O. The molecule has 0 bridgehead atoms. The molecule has 0 aliphatic carbocycles. The van der Waals surface area contributed by atoms with E-state index in [1.165, 1.54) is 17.2 Å². The van der Waals surface area contributed by atoms with Crippen molar-refractivity contribution in [1.29, 1.82) is 0 Å². The number of anilines is 1. The normalized spacial score (nSPS) is 23.6. The van der Waals surface area contributed by atoms with Crippen molar-refractivity contribution < 1.29 is 29.5 Å². The first-order chi connectivity index (χ1) is 14.6. The minimum Gasteiger partial charge on any atom is -0.496 e. The summed E-state index contributed by atoms with van der Waals surface area (Å²) in [5.41, 5.74) is 1.69. The first-order valence-electron chi connectivity index (χ1n) is 9.32. The smallest absolute Gasteiger partial charge is 0.167 e. The molecule has 4 N–H and O–H groups in total. The van der Waals surface area contributed by atoms with Gasteiger partial charge >= 0.3 is 0 Å². The number of methoxy groups -OCH3 is 2. The number of benzene rings is 1. The van der Waals surface area contributed by atoms with Crippen LogP contribution in [0.2, 0.25) is 0 Å². The van der Waals surface area contributed by atoms with E-state index in [0.717, 1.165) is 5.56 Å². The largest absolute Gasteiger partial charge is 0.496 e. The lowest BCUT2D eigenvalue weighted by atomic mass is 10.1. The zero-order chi connectivity index (χ0) is 21.3. The number of rotatable bonds is 7. The van der Waals surface area contributed by atoms with Gasteiger partial charge in [-0.2, -0.15) is 0 Å². The van der Waals surface area contributed by atoms with Gasteiger partial charge in [-0.1, -0.05) is 6.07 Å². The Hall–Kier alpha value is -2.99. The second-order valence-corrected chi connectivity index (χ2v) is 6.77. The fraction of sp³-hybridized carbons (Fsp3) is 0.421. The van der Waals surface area contributed by atoms with E-state index in [1.807, 2.05) is 18.2 Å². The highest BCUT2D eigenvalue weighted by Crippen LogP contribution is 2.33. The van der Waals surface area contributed by atoms with Crippen LogP contribution < -0.4 is 14.8 Å². The van der Waals surface area contributed by atoms with Gasteiger partial charge in [-0.25, -0.2) is 15.0 Å². The molecule has 4 atom stereocenters. The number of imidazole rings is 1. The van der Waals surface area contributed by atoms with Crippen LogP contribution in [0.1, 0.15) is 11.8 Å². The topological polar surface area (TPSA) is 144 Å². The van der Waals surface area contributed by atoms with Gasteiger partial charge in [-0.05, 0) is 12.1 Å². The predicted molar refractivity (Wildman–Crippen MR) is 105 cm³/mol. The van der Waals surface area contributed by atoms with E-state index in [4.69, 9.17) is 14.2 Å². The fourth-order valence-electron chi connectivity index (χ4n) is 3.55. The summed E-state index contributed by atoms with van der Waals surface area (Å²) < 4.78 is 17.9. The molecule has 4 rings (SSSR count). The van der Waals surface area contributed by atoms with E-state index in [9.17, 15) is 15.3 Å². The molecule has 0 unspecified atom stereocenters. The number of aliphatic hydroxyl groups is 3. The molecule has 0 radical (unpaired) electrons. The molecule has 0 spiro atoms. The summed E-state index contributed by atoms with van der Waals surface area (Å²) in [6.45, 7) is -0.0517. The average molecular weight is 417 g/mol. The summed E-state index contributed by atoms with van der Waals surface area (Å²) in [6, 6.07) is 5.52. The number of aliphatic hydroxyl groups excluding tert-OH is 3. The minimum absolute atomic E-state index is 0.361. The van der Waals surface area contributed by atoms with E-state index >= 15 is 0 Å². The maximum atomic E-state index is 10.3. The van der Waals surface area contributed by atoms with Crippen LogP contribution in [0.5, 0.6) is 11.5 Å². The molecule has 1 aliphatic heterocycles. The number of nitrogens with zero attached hydrogens (tertiary/aromatic N) is 4. The fourth-order valence-corrected chi connectivity index (χ4v) is 3.55. The first-order valence-corrected chi connectivity index (χ1v) is 9.32. The Balaban J connectivity index is 1.62. The van der Waals surface area contributed by atoms with E-state index < -0.39 is 31.1 Å². The van der Waals surface area contributed by atoms with Crippen LogP contribution in [0, 0.1) is 0 Å². The molecule has 1 aromatic carbocycles. The molecule has 2 aromatic heterocycles. The number of ether oxygens (including phenoxy) is 3. The molecule has 30 heavy (non-hydrogen) atoms. The maximum Gasteiger partial charge on any atom is 0.167 e. The van der Waals surface area contributed by atoms with E-state index in [1.54, 1.807) is 14.2 Å². The molecular formula is C19H23N5O6. The van der Waals surface area contributed by atoms with Crippen LogP contribution in [-0.2, 0) is 11.3 Å². The molecule has 0 amide bonds. The van der Waals surface area contributed by atoms with E-state index in [0.29, 0.717) is 35.0 Å². The molecule has 3 heterocycles. The van der Waals surface area contributed by atoms with Crippen LogP contribution in [0.4, 0.5) is 5.82 Å². The van der Waals surface area contributed by atoms with Gasteiger partial charge in [0.1, 0.15) is 36.1 Å². The van der Waals surface area contributed by atoms with Gasteiger partial charge in [-0.15, -0.1) is 0 Å². The van der Waals surface area contributed by atoms with Gasteiger partial charge in [0.25, 0.3) is 0 Å². The second-order valence-electron chi connectivity index (χ2n) is 6.77. The Kier molecular flexibility index (Phi) is 5.68. The molecule has 1 aliphatic rings. The van der Waals surface area contributed by atoms with Crippen molar-refractivity contribution in [1.82, 2.24) is 19.5 Å². The zero-order valence-corrected chi connectivity index (χ0v) is 16.5. The standard InChI is InChI=1S/C19H23N5O6/c1-28-11-4-3-5-12(29-2)10(11)6-20-17-14-18(22-8-21-17)24(9-23-14)19-16(27)15(26)13(7-25)30-19/h3-5,8-9,13,15-16,19,25-27H,6-7H2,1-2H3,(H,20,21,22)/t13-,15-,16+,19-/m1/s1. The quantitative estimate of drug-likeness (QED) is 0.417. The number of hydrogen-bond acceptors (Lipinski definition) is 10. The minimum atomic E-state index is -1.23. The summed E-state index contributed by atoms with van der Waals surface area (Å²) in [5, 5.41) is 32.9. The van der Waals surface area contributed by atoms with Gasteiger partial charge in [0.2, 0.25) is 0 Å². The zero-order valence-electron chi connectivity index (χ0n) is 16.5. The van der Waals surface area contributed by atoms with Crippen molar-refractivity contribution in [3.8, 4) is 11.5 Å². The molecule has 11 heteroatoms. The van der Waals surface area contributed by atoms with Crippen LogP contribution in [0.3, 0.4) is 0 Å². The molecule has 1 fully saturated rings. The van der Waals surface area contributed by atoms with E-state index in [-0.39, 0.29) is 0 Å². The molecule has 1 saturated heterocycles. The third-order valence-electron chi connectivity index (χ3n) is 5.11. The Morgan fingerprint density at radius 2 is 1.83 bits per heavy atom. The highest BCUT2D eigenvalue weighted by molar-refractivity contribution is 5.82. The Bertz CT molecular complexity index is 1010. The van der Waals surface area contributed by atoms with Crippen molar-refractivity contribution >= 4 is 17.0 Å². The lowest BCUT2D eigenvalue weighted by Gasteiger charge is -2.16. The Morgan fingerprint density at radius 1 is 1.10 bits per heavy atom. The van der Waals surface area contributed by atoms with Gasteiger partial charge in [0, 0.05) is 6.54 Å². The van der Waals surface area contributed by atoms with Gasteiger partial charge in [0.15, 0.2) is 23.2 Å². The van der Waals surface area contributed by atoms with Crippen LogP contribution in [0.15, 0.2) is 30.9 Å². The molecule has 3 aromatic rings. The lowest BCUT2D eigenvalue weighted by Crippen LogP contribution is -2.33. The van der Waals surface area contributed by atoms with Crippen molar-refractivity contribution in [3.05, 3.63) is 36.4 Å². The van der Waals surface area contributed by atoms with Crippen molar-refractivity contribution in [2.24, 2.45) is 0 Å². The number of nitrogens with one attached hydrogen (secondary N) is 1. The number of aromatic nitrogens is 4. The highest BCUT2D eigenvalue weighted by Gasteiger charge is 2.44. The van der Waals surface area contributed by atoms with Crippen molar-refractivity contribution in [3.63, 3.8) is 0 Å². The molecule has 11 nitrogen and oxygen atoms in total. The summed E-state index contributed by atoms with van der Waals surface area (Å²) >= 11 is 0. The highest BCUT2D eigenvalue weighted by atomic mass is 16.6. The first kappa shape index (κ1) is 20.3. The maximum absolute atomic E-state index is 10.3. The Morgan fingerprint density at radius 3 is 2.47 bits per heavy atom. The summed E-state index contributed by atoms with van der Waals surface area (Å²) in [5.74, 6) is 1.81. The van der Waals surface area contributed by atoms with Crippen LogP contribution >= 0.6 is 0 Å². The number of fused-ring (bicyclic) bond motifs is 1. The van der Waals surface area contributed by atoms with Crippen molar-refractivity contribution in [2.75, 3.05) is 26.1 Å². The molecular weight excluding hydrogens is 394 g/mol.